The van der Waals surface area contributed by atoms with Crippen molar-refractivity contribution in [2.75, 3.05) is 5.73 Å². The fourth-order valence-corrected chi connectivity index (χ4v) is 3.32. The van der Waals surface area contributed by atoms with Gasteiger partial charge in [-0.2, -0.15) is 0 Å². The van der Waals surface area contributed by atoms with Crippen LogP contribution in [-0.4, -0.2) is 19.7 Å². The van der Waals surface area contributed by atoms with Gasteiger partial charge in [-0.25, -0.2) is 0 Å². The molecule has 0 unspecified atom stereocenters. The summed E-state index contributed by atoms with van der Waals surface area (Å²) in [7, 11) is 0. The van der Waals surface area contributed by atoms with Gasteiger partial charge in [-0.05, 0) is 36.7 Å². The molecule has 0 spiro atoms. The zero-order valence-electron chi connectivity index (χ0n) is 11.4. The molecule has 21 heavy (non-hydrogen) atoms. The molecule has 2 aromatic rings. The highest BCUT2D eigenvalue weighted by molar-refractivity contribution is 7.99. The molecule has 0 radical (unpaired) electrons. The Hall–Kier alpha value is -2.09. The molecule has 0 bridgehead atoms. The van der Waals surface area contributed by atoms with Crippen molar-refractivity contribution in [1.29, 1.82) is 0 Å². The van der Waals surface area contributed by atoms with E-state index in [1.54, 1.807) is 12.1 Å². The predicted octanol–water partition coefficient (Wildman–Crippen LogP) is 2.65. The second kappa shape index (κ2) is 5.72. The van der Waals surface area contributed by atoms with Gasteiger partial charge in [0.25, 0.3) is 5.69 Å². The summed E-state index contributed by atoms with van der Waals surface area (Å²) in [5, 5.41) is 20.0. The number of hydrogen-bond donors (Lipinski definition) is 1. The Morgan fingerprint density at radius 2 is 2.14 bits per heavy atom. The molecule has 0 saturated heterocycles. The van der Waals surface area contributed by atoms with E-state index < -0.39 is 4.92 Å². The summed E-state index contributed by atoms with van der Waals surface area (Å²) in [6.45, 7) is 0.924. The quantitative estimate of drug-likeness (QED) is 0.531. The van der Waals surface area contributed by atoms with Crippen molar-refractivity contribution >= 4 is 23.1 Å². The average molecular weight is 305 g/mol. The van der Waals surface area contributed by atoms with E-state index in [-0.39, 0.29) is 11.4 Å². The van der Waals surface area contributed by atoms with Gasteiger partial charge < -0.3 is 10.3 Å². The van der Waals surface area contributed by atoms with Crippen LogP contribution in [0.15, 0.2) is 28.3 Å². The fourth-order valence-electron chi connectivity index (χ4n) is 2.40. The molecule has 1 aliphatic rings. The maximum absolute atomic E-state index is 10.8. The highest BCUT2D eigenvalue weighted by Gasteiger charge is 2.17. The van der Waals surface area contributed by atoms with Crippen molar-refractivity contribution in [1.82, 2.24) is 14.8 Å². The van der Waals surface area contributed by atoms with E-state index in [0.717, 1.165) is 41.7 Å². The molecule has 1 aliphatic heterocycles. The zero-order valence-corrected chi connectivity index (χ0v) is 12.2. The number of anilines is 1. The van der Waals surface area contributed by atoms with E-state index in [0.29, 0.717) is 0 Å². The number of nitrogens with two attached hydrogens (primary N) is 1. The van der Waals surface area contributed by atoms with E-state index >= 15 is 0 Å². The maximum Gasteiger partial charge on any atom is 0.292 e. The van der Waals surface area contributed by atoms with Crippen molar-refractivity contribution in [2.45, 2.75) is 42.3 Å². The normalized spacial score (nSPS) is 14.5. The van der Waals surface area contributed by atoms with Crippen LogP contribution in [0.3, 0.4) is 0 Å². The second-order valence-corrected chi connectivity index (χ2v) is 5.98. The fraction of sp³-hybridized carbons (Fsp3) is 0.385. The molecule has 7 nitrogen and oxygen atoms in total. The summed E-state index contributed by atoms with van der Waals surface area (Å²) in [5.74, 6) is 1.02. The number of fused-ring (bicyclic) bond motifs is 1. The summed E-state index contributed by atoms with van der Waals surface area (Å²) < 4.78 is 2.13. The lowest BCUT2D eigenvalue weighted by atomic mass is 10.2. The molecular formula is C13H15N5O2S. The molecule has 8 heteroatoms. The molecule has 1 aromatic carbocycles. The van der Waals surface area contributed by atoms with Gasteiger partial charge in [0.05, 0.1) is 4.92 Å². The third kappa shape index (κ3) is 2.85. The first-order valence-electron chi connectivity index (χ1n) is 6.79. The minimum Gasteiger partial charge on any atom is -0.393 e. The number of nitrogen functional groups attached to an aromatic ring is 1. The zero-order chi connectivity index (χ0) is 14.8. The number of aromatic nitrogens is 3. The lowest BCUT2D eigenvalue weighted by molar-refractivity contribution is -0.383. The van der Waals surface area contributed by atoms with E-state index in [1.165, 1.54) is 24.2 Å². The topological polar surface area (TPSA) is 99.9 Å². The Morgan fingerprint density at radius 3 is 2.90 bits per heavy atom. The third-order valence-electron chi connectivity index (χ3n) is 3.48. The van der Waals surface area contributed by atoms with Gasteiger partial charge in [0.15, 0.2) is 5.16 Å². The van der Waals surface area contributed by atoms with Crippen LogP contribution in [0.25, 0.3) is 0 Å². The highest BCUT2D eigenvalue weighted by atomic mass is 32.2. The van der Waals surface area contributed by atoms with Crippen LogP contribution in [0.2, 0.25) is 0 Å². The monoisotopic (exact) mass is 305 g/mol. The van der Waals surface area contributed by atoms with Gasteiger partial charge in [0.1, 0.15) is 11.5 Å². The number of nitro benzene ring substituents is 1. The average Bonchev–Trinajstić information content (AvgIpc) is 2.68. The van der Waals surface area contributed by atoms with Crippen LogP contribution in [0.4, 0.5) is 11.4 Å². The minimum absolute atomic E-state index is 0.0700. The standard InChI is InChI=1S/C13H15N5O2S/c14-10-8-9(5-6-11(10)18(19)20)21-13-16-15-12-4-2-1-3-7-17(12)13/h5-6,8H,1-4,7,14H2. The molecule has 2 N–H and O–H groups in total. The molecule has 110 valence electrons. The lowest BCUT2D eigenvalue weighted by Crippen LogP contribution is -2.02. The Morgan fingerprint density at radius 1 is 1.29 bits per heavy atom. The molecule has 0 amide bonds. The molecule has 0 aliphatic carbocycles. The Kier molecular flexibility index (Phi) is 3.78. The van der Waals surface area contributed by atoms with Crippen molar-refractivity contribution in [3.8, 4) is 0 Å². The SMILES string of the molecule is Nc1cc(Sc2nnc3n2CCCCC3)ccc1[N+](=O)[O-]. The molecule has 1 aromatic heterocycles. The van der Waals surface area contributed by atoms with Gasteiger partial charge in [-0.15, -0.1) is 10.2 Å². The summed E-state index contributed by atoms with van der Waals surface area (Å²) in [5.41, 5.74) is 5.81. The van der Waals surface area contributed by atoms with Gasteiger partial charge >= 0.3 is 0 Å². The smallest absolute Gasteiger partial charge is 0.292 e. The van der Waals surface area contributed by atoms with Crippen molar-refractivity contribution in [2.24, 2.45) is 0 Å². The van der Waals surface area contributed by atoms with Crippen LogP contribution in [-0.2, 0) is 13.0 Å². The van der Waals surface area contributed by atoms with Crippen LogP contribution in [0, 0.1) is 10.1 Å². The molecule has 2 heterocycles. The maximum atomic E-state index is 10.8. The first-order chi connectivity index (χ1) is 10.1. The number of benzene rings is 1. The van der Waals surface area contributed by atoms with E-state index in [4.69, 9.17) is 5.73 Å². The molecule has 0 saturated carbocycles. The van der Waals surface area contributed by atoms with Crippen molar-refractivity contribution < 1.29 is 4.92 Å². The second-order valence-electron chi connectivity index (χ2n) is 4.94. The summed E-state index contributed by atoms with van der Waals surface area (Å²) in [6.07, 6.45) is 4.43. The van der Waals surface area contributed by atoms with Gasteiger partial charge in [0.2, 0.25) is 0 Å². The Labute approximate surface area is 125 Å². The Bertz CT molecular complexity index is 685. The third-order valence-corrected chi connectivity index (χ3v) is 4.45. The summed E-state index contributed by atoms with van der Waals surface area (Å²) >= 11 is 1.44. The molecule has 0 atom stereocenters. The minimum atomic E-state index is -0.479. The largest absolute Gasteiger partial charge is 0.393 e. The molecule has 3 rings (SSSR count). The van der Waals surface area contributed by atoms with Crippen LogP contribution in [0.5, 0.6) is 0 Å². The number of aryl methyl sites for hydroxylation is 1. The van der Waals surface area contributed by atoms with Gasteiger partial charge in [-0.1, -0.05) is 6.42 Å². The Balaban J connectivity index is 1.86. The van der Waals surface area contributed by atoms with Gasteiger partial charge in [-0.3, -0.25) is 10.1 Å². The molecular weight excluding hydrogens is 290 g/mol. The van der Waals surface area contributed by atoms with E-state index in [2.05, 4.69) is 14.8 Å². The summed E-state index contributed by atoms with van der Waals surface area (Å²) in [6, 6.07) is 4.73. The van der Waals surface area contributed by atoms with Crippen molar-refractivity contribution in [3.63, 3.8) is 0 Å². The number of nitrogens with zero attached hydrogens (tertiary/aromatic N) is 4. The highest BCUT2D eigenvalue weighted by Crippen LogP contribution is 2.32. The van der Waals surface area contributed by atoms with Crippen LogP contribution in [0.1, 0.15) is 25.1 Å². The van der Waals surface area contributed by atoms with Gasteiger partial charge in [0, 0.05) is 23.9 Å². The molecule has 0 fully saturated rings. The van der Waals surface area contributed by atoms with E-state index in [1.807, 2.05) is 0 Å². The van der Waals surface area contributed by atoms with Crippen molar-refractivity contribution in [3.05, 3.63) is 34.1 Å². The van der Waals surface area contributed by atoms with Crippen LogP contribution >= 0.6 is 11.8 Å². The number of hydrogen-bond acceptors (Lipinski definition) is 6. The first kappa shape index (κ1) is 13.9. The predicted molar refractivity (Wildman–Crippen MR) is 79.2 cm³/mol. The summed E-state index contributed by atoms with van der Waals surface area (Å²) in [4.78, 5) is 11.1. The first-order valence-corrected chi connectivity index (χ1v) is 7.60. The number of rotatable bonds is 3. The number of nitro groups is 1. The van der Waals surface area contributed by atoms with E-state index in [9.17, 15) is 10.1 Å². The lowest BCUT2D eigenvalue weighted by Gasteiger charge is -2.06. The van der Waals surface area contributed by atoms with Crippen LogP contribution < -0.4 is 5.73 Å².